The van der Waals surface area contributed by atoms with Crippen LogP contribution in [0.2, 0.25) is 0 Å². The van der Waals surface area contributed by atoms with Crippen LogP contribution in [0.15, 0.2) is 0 Å². The second-order valence-corrected chi connectivity index (χ2v) is 7.33. The number of rotatable bonds is 3. The first-order chi connectivity index (χ1) is 8.95. The molecule has 0 aromatic heterocycles. The van der Waals surface area contributed by atoms with Crippen molar-refractivity contribution in [2.24, 2.45) is 0 Å². The van der Waals surface area contributed by atoms with E-state index in [2.05, 4.69) is 0 Å². The van der Waals surface area contributed by atoms with Crippen LogP contribution in [-0.4, -0.2) is 66.7 Å². The molecule has 2 aliphatic heterocycles. The maximum atomic E-state index is 12.5. The van der Waals surface area contributed by atoms with Crippen LogP contribution in [0.1, 0.15) is 32.1 Å². The average molecular weight is 290 g/mol. The Balaban J connectivity index is 2.16. The Labute approximate surface area is 114 Å². The van der Waals surface area contributed by atoms with Crippen LogP contribution in [0.25, 0.3) is 0 Å². The van der Waals surface area contributed by atoms with Crippen LogP contribution in [0.5, 0.6) is 0 Å². The molecule has 1 N–H and O–H groups in total. The molecule has 2 rings (SSSR count). The van der Waals surface area contributed by atoms with Gasteiger partial charge in [-0.05, 0) is 25.7 Å². The highest BCUT2D eigenvalue weighted by molar-refractivity contribution is 7.88. The molecule has 1 amide bonds. The lowest BCUT2D eigenvalue weighted by molar-refractivity contribution is -0.137. The van der Waals surface area contributed by atoms with Gasteiger partial charge in [-0.3, -0.25) is 4.79 Å². The molecule has 110 valence electrons. The van der Waals surface area contributed by atoms with Crippen LogP contribution in [0, 0.1) is 0 Å². The summed E-state index contributed by atoms with van der Waals surface area (Å²) in [5, 5.41) is 9.28. The number of likely N-dealkylation sites (tertiary alicyclic amines) is 1. The largest absolute Gasteiger partial charge is 0.394 e. The molecule has 0 aromatic rings. The minimum absolute atomic E-state index is 0.0443. The monoisotopic (exact) mass is 290 g/mol. The van der Waals surface area contributed by atoms with Gasteiger partial charge in [0.2, 0.25) is 15.9 Å². The average Bonchev–Trinajstić information content (AvgIpc) is 2.85. The highest BCUT2D eigenvalue weighted by atomic mass is 32.2. The minimum Gasteiger partial charge on any atom is -0.394 e. The second kappa shape index (κ2) is 5.76. The van der Waals surface area contributed by atoms with E-state index in [-0.39, 0.29) is 18.6 Å². The maximum absolute atomic E-state index is 12.5. The normalized spacial score (nSPS) is 29.7. The molecule has 2 unspecified atom stereocenters. The standard InChI is InChI=1S/C12H22N2O4S/c1-19(17,18)14-8-3-2-6-11(14)12(16)13-7-4-5-10(13)9-15/h10-11,15H,2-9H2,1H3. The molecule has 2 saturated heterocycles. The van der Waals surface area contributed by atoms with Gasteiger partial charge in [-0.2, -0.15) is 4.31 Å². The van der Waals surface area contributed by atoms with Gasteiger partial charge in [0, 0.05) is 13.1 Å². The van der Waals surface area contributed by atoms with Gasteiger partial charge in [0.1, 0.15) is 6.04 Å². The van der Waals surface area contributed by atoms with Crippen molar-refractivity contribution < 1.29 is 18.3 Å². The zero-order chi connectivity index (χ0) is 14.0. The van der Waals surface area contributed by atoms with Crippen LogP contribution in [0.3, 0.4) is 0 Å². The molecule has 2 aliphatic rings. The molecule has 2 atom stereocenters. The number of hydrogen-bond donors (Lipinski definition) is 1. The Kier molecular flexibility index (Phi) is 4.47. The van der Waals surface area contributed by atoms with E-state index in [0.29, 0.717) is 19.5 Å². The summed E-state index contributed by atoms with van der Waals surface area (Å²) in [5.41, 5.74) is 0. The second-order valence-electron chi connectivity index (χ2n) is 5.40. The van der Waals surface area contributed by atoms with Crippen molar-refractivity contribution in [3.8, 4) is 0 Å². The van der Waals surface area contributed by atoms with Crippen molar-refractivity contribution in [3.63, 3.8) is 0 Å². The summed E-state index contributed by atoms with van der Waals surface area (Å²) in [4.78, 5) is 14.2. The Morgan fingerprint density at radius 2 is 1.95 bits per heavy atom. The summed E-state index contributed by atoms with van der Waals surface area (Å²) in [6, 6.07) is -0.716. The molecule has 7 heteroatoms. The third-order valence-corrected chi connectivity index (χ3v) is 5.32. The fourth-order valence-corrected chi connectivity index (χ4v) is 4.17. The minimum atomic E-state index is -3.35. The molecule has 0 saturated carbocycles. The van der Waals surface area contributed by atoms with Crippen molar-refractivity contribution in [2.45, 2.75) is 44.2 Å². The molecule has 2 heterocycles. The fourth-order valence-electron chi connectivity index (χ4n) is 3.06. The van der Waals surface area contributed by atoms with Gasteiger partial charge in [0.25, 0.3) is 0 Å². The third kappa shape index (κ3) is 3.09. The molecular formula is C12H22N2O4S. The number of aliphatic hydroxyl groups is 1. The van der Waals surface area contributed by atoms with Crippen molar-refractivity contribution in [1.82, 2.24) is 9.21 Å². The van der Waals surface area contributed by atoms with Crippen LogP contribution in [0.4, 0.5) is 0 Å². The first-order valence-electron chi connectivity index (χ1n) is 6.83. The number of amides is 1. The Morgan fingerprint density at radius 1 is 1.21 bits per heavy atom. The first kappa shape index (κ1) is 14.7. The van der Waals surface area contributed by atoms with Gasteiger partial charge in [0.05, 0.1) is 18.9 Å². The topological polar surface area (TPSA) is 77.9 Å². The van der Waals surface area contributed by atoms with Gasteiger partial charge >= 0.3 is 0 Å². The van der Waals surface area contributed by atoms with E-state index in [4.69, 9.17) is 0 Å². The van der Waals surface area contributed by atoms with E-state index in [0.717, 1.165) is 31.9 Å². The summed E-state index contributed by atoms with van der Waals surface area (Å²) < 4.78 is 24.9. The molecule has 0 radical (unpaired) electrons. The van der Waals surface area contributed by atoms with Crippen molar-refractivity contribution in [1.29, 1.82) is 0 Å². The fraction of sp³-hybridized carbons (Fsp3) is 0.917. The van der Waals surface area contributed by atoms with E-state index < -0.39 is 16.1 Å². The van der Waals surface area contributed by atoms with Gasteiger partial charge in [-0.15, -0.1) is 0 Å². The number of carbonyl (C=O) groups excluding carboxylic acids is 1. The lowest BCUT2D eigenvalue weighted by Crippen LogP contribution is -2.54. The smallest absolute Gasteiger partial charge is 0.241 e. The van der Waals surface area contributed by atoms with Crippen LogP contribution < -0.4 is 0 Å². The molecule has 0 aliphatic carbocycles. The number of sulfonamides is 1. The summed E-state index contributed by atoms with van der Waals surface area (Å²) in [5.74, 6) is -0.137. The van der Waals surface area contributed by atoms with Gasteiger partial charge in [0.15, 0.2) is 0 Å². The predicted molar refractivity (Wildman–Crippen MR) is 71.0 cm³/mol. The molecule has 0 aromatic carbocycles. The number of aliphatic hydroxyl groups excluding tert-OH is 1. The number of nitrogens with zero attached hydrogens (tertiary/aromatic N) is 2. The quantitative estimate of drug-likeness (QED) is 0.780. The van der Waals surface area contributed by atoms with E-state index in [1.807, 2.05) is 0 Å². The lowest BCUT2D eigenvalue weighted by Gasteiger charge is -2.36. The number of hydrogen-bond acceptors (Lipinski definition) is 4. The molecular weight excluding hydrogens is 268 g/mol. The Hall–Kier alpha value is -0.660. The lowest BCUT2D eigenvalue weighted by atomic mass is 10.0. The highest BCUT2D eigenvalue weighted by Gasteiger charge is 2.39. The maximum Gasteiger partial charge on any atom is 0.241 e. The van der Waals surface area contributed by atoms with Crippen molar-refractivity contribution in [2.75, 3.05) is 26.0 Å². The van der Waals surface area contributed by atoms with Gasteiger partial charge in [-0.25, -0.2) is 8.42 Å². The zero-order valence-corrected chi connectivity index (χ0v) is 12.1. The zero-order valence-electron chi connectivity index (χ0n) is 11.3. The molecule has 0 spiro atoms. The SMILES string of the molecule is CS(=O)(=O)N1CCCCC1C(=O)N1CCCC1CO. The molecule has 2 fully saturated rings. The van der Waals surface area contributed by atoms with Crippen molar-refractivity contribution in [3.05, 3.63) is 0 Å². The van der Waals surface area contributed by atoms with E-state index >= 15 is 0 Å². The molecule has 19 heavy (non-hydrogen) atoms. The molecule has 0 bridgehead atoms. The summed E-state index contributed by atoms with van der Waals surface area (Å²) in [7, 11) is -3.35. The Morgan fingerprint density at radius 3 is 2.58 bits per heavy atom. The van der Waals surface area contributed by atoms with Crippen molar-refractivity contribution >= 4 is 15.9 Å². The molecule has 6 nitrogen and oxygen atoms in total. The summed E-state index contributed by atoms with van der Waals surface area (Å²) in [6.07, 6.45) is 5.10. The van der Waals surface area contributed by atoms with Gasteiger partial charge < -0.3 is 10.0 Å². The van der Waals surface area contributed by atoms with E-state index in [9.17, 15) is 18.3 Å². The number of carbonyl (C=O) groups is 1. The van der Waals surface area contributed by atoms with Gasteiger partial charge in [-0.1, -0.05) is 6.42 Å². The first-order valence-corrected chi connectivity index (χ1v) is 8.68. The van der Waals surface area contributed by atoms with E-state index in [1.54, 1.807) is 4.90 Å². The van der Waals surface area contributed by atoms with E-state index in [1.165, 1.54) is 4.31 Å². The predicted octanol–water partition coefficient (Wildman–Crippen LogP) is -0.216. The Bertz CT molecular complexity index is 437. The van der Waals surface area contributed by atoms with Crippen LogP contribution >= 0.6 is 0 Å². The highest BCUT2D eigenvalue weighted by Crippen LogP contribution is 2.25. The third-order valence-electron chi connectivity index (χ3n) is 4.04. The summed E-state index contributed by atoms with van der Waals surface area (Å²) in [6.45, 7) is 1.00. The van der Waals surface area contributed by atoms with Crippen LogP contribution in [-0.2, 0) is 14.8 Å². The number of piperidine rings is 1. The summed E-state index contributed by atoms with van der Waals surface area (Å²) >= 11 is 0.